The molecule has 0 aliphatic rings. The van der Waals surface area contributed by atoms with E-state index in [0.29, 0.717) is 0 Å². The third-order valence-corrected chi connectivity index (χ3v) is 37.0. The van der Waals surface area contributed by atoms with Crippen LogP contribution in [0.4, 0.5) is 0 Å². The summed E-state index contributed by atoms with van der Waals surface area (Å²) in [5.41, 5.74) is 22.0. The maximum Gasteiger partial charge on any atom is 0.159 e. The van der Waals surface area contributed by atoms with E-state index in [1.807, 2.05) is 117 Å². The van der Waals surface area contributed by atoms with Crippen LogP contribution in [-0.4, -0.2) is 58.1 Å². The Morgan fingerprint density at radius 3 is 0.878 bits per heavy atom. The summed E-state index contributed by atoms with van der Waals surface area (Å²) in [7, 11) is 0. The molecular weight excluding hydrogens is 1930 g/mol. The van der Waals surface area contributed by atoms with E-state index >= 15 is 0 Å². The van der Waals surface area contributed by atoms with Crippen LogP contribution in [0.5, 0.6) is 0 Å². The Balaban J connectivity index is 0.0000000859. The highest BCUT2D eigenvalue weighted by atomic mass is 32.1. The molecule has 14 nitrogen and oxygen atoms in total. The van der Waals surface area contributed by atoms with Gasteiger partial charge in [-0.1, -0.05) is 218 Å². The number of fused-ring (bicyclic) bond motifs is 44. The van der Waals surface area contributed by atoms with Gasteiger partial charge < -0.3 is 27.1 Å². The third kappa shape index (κ3) is 12.2. The smallest absolute Gasteiger partial charge is 0.159 e. The topological polar surface area (TPSA) is 149 Å². The summed E-state index contributed by atoms with van der Waals surface area (Å²) >= 11 is 11.1. The Bertz CT molecular complexity index is 11800. The second-order valence-corrected chi connectivity index (χ2v) is 44.4. The highest BCUT2D eigenvalue weighted by Gasteiger charge is 2.28. The standard InChI is InChI=1S/2C32H17N3OS.2C32H17N3S2/c1-3-9-26-19(6-1)21-12-13-23-24-14-18-16-33-17-34-25(18)15-29(24)37-32(23)30(21)35(26)27-10-5-8-22-20-7-2-4-11-28(20)36-31(22)27;1-3-7-27-20(5-1)22-10-11-23-25-13-18-16-33-17-34-26(18)15-30(25)37-32(23)31(22)35(27)19-9-12-29-24(14-19)21-6-2-4-8-28(21)36-29;2*1-3-7-27-20(5-1)23-11-12-24-25-13-18-16-33-17-34-26(18)15-30(25)37-32(24)31(23)35(27)19-9-10-22-21-6-2-4-8-28(21)36-29(22)14-19/h4*1-17H. The fraction of sp³-hybridized carbons (Fsp3) is 0. The van der Waals surface area contributed by atoms with Gasteiger partial charge in [0, 0.05) is 230 Å². The van der Waals surface area contributed by atoms with Crippen molar-refractivity contribution in [2.75, 3.05) is 0 Å². The zero-order chi connectivity index (χ0) is 96.3. The molecule has 20 aromatic carbocycles. The predicted octanol–water partition coefficient (Wildman–Crippen LogP) is 36.9. The molecule has 0 saturated heterocycles. The fourth-order valence-electron chi connectivity index (χ4n) is 23.6. The predicted molar refractivity (Wildman–Crippen MR) is 627 cm³/mol. The van der Waals surface area contributed by atoms with E-state index in [4.69, 9.17) is 8.83 Å². The molecule has 0 radical (unpaired) electrons. The van der Waals surface area contributed by atoms with Crippen molar-refractivity contribution in [1.82, 2.24) is 58.1 Å². The molecule has 688 valence electrons. The molecule has 20 heteroatoms. The average Bonchev–Trinajstić information content (AvgIpc) is 1.56. The van der Waals surface area contributed by atoms with Crippen molar-refractivity contribution in [3.8, 4) is 22.7 Å². The second kappa shape index (κ2) is 31.7. The number of benzene rings is 20. The summed E-state index contributed by atoms with van der Waals surface area (Å²) in [4.78, 5) is 35.0. The lowest BCUT2D eigenvalue weighted by atomic mass is 10.1. The van der Waals surface area contributed by atoms with Gasteiger partial charge in [-0.2, -0.15) is 0 Å². The monoisotopic (exact) mass is 2000 g/mol. The Morgan fingerprint density at radius 1 is 0.182 bits per heavy atom. The lowest BCUT2D eigenvalue weighted by Gasteiger charge is -2.09. The molecule has 148 heavy (non-hydrogen) atoms. The van der Waals surface area contributed by atoms with Crippen molar-refractivity contribution < 1.29 is 8.83 Å². The molecule has 0 aliphatic carbocycles. The first kappa shape index (κ1) is 82.3. The first-order valence-electron chi connectivity index (χ1n) is 48.9. The molecular formula is C128H68N12O2S6. The lowest BCUT2D eigenvalue weighted by molar-refractivity contribution is 0.666. The van der Waals surface area contributed by atoms with Crippen LogP contribution < -0.4 is 0 Å². The molecule has 36 rings (SSSR count). The van der Waals surface area contributed by atoms with Crippen molar-refractivity contribution in [2.24, 2.45) is 0 Å². The van der Waals surface area contributed by atoms with Crippen molar-refractivity contribution in [1.29, 1.82) is 0 Å². The third-order valence-electron chi connectivity index (χ3n) is 30.1. The summed E-state index contributed by atoms with van der Waals surface area (Å²) in [5, 5.41) is 34.3. The van der Waals surface area contributed by atoms with E-state index in [-0.39, 0.29) is 0 Å². The highest BCUT2D eigenvalue weighted by Crippen LogP contribution is 2.53. The SMILES string of the molecule is c1ccc2c(c1)oc1c(-n3c4ccccc4c4ccc5c6cc7cncnc7cc6sc5c43)cccc12.c1ccc2c(c1)oc1ccc(-n3c4ccccc4c4ccc5c6cc7cncnc7cc6sc5c43)cc12.c1ccc2c(c1)sc1cc(-n3c4ccccc4c4ccc5c6cc7cncnc7cc6sc5c43)ccc12.c1ccc2c(c1)sc1cc(-n3c4ccccc4c4ccc5c6cc7cncnc7cc6sc5c43)ccc12. The Morgan fingerprint density at radius 2 is 0.473 bits per heavy atom. The summed E-state index contributed by atoms with van der Waals surface area (Å²) in [6.07, 6.45) is 14.1. The van der Waals surface area contributed by atoms with Gasteiger partial charge in [0.15, 0.2) is 5.58 Å². The minimum atomic E-state index is 0.908. The largest absolute Gasteiger partial charge is 0.456 e. The van der Waals surface area contributed by atoms with Crippen LogP contribution in [-0.2, 0) is 0 Å². The van der Waals surface area contributed by atoms with Crippen LogP contribution in [0.15, 0.2) is 423 Å². The van der Waals surface area contributed by atoms with Gasteiger partial charge in [-0.15, -0.1) is 68.0 Å². The van der Waals surface area contributed by atoms with Gasteiger partial charge in [0.25, 0.3) is 0 Å². The van der Waals surface area contributed by atoms with E-state index in [2.05, 4.69) is 398 Å². The lowest BCUT2D eigenvalue weighted by Crippen LogP contribution is -1.94. The number of thiophene rings is 6. The van der Waals surface area contributed by atoms with Crippen LogP contribution in [0.2, 0.25) is 0 Å². The fourth-order valence-corrected chi connectivity index (χ4v) is 30.9. The van der Waals surface area contributed by atoms with Gasteiger partial charge in [-0.3, -0.25) is 0 Å². The highest BCUT2D eigenvalue weighted by molar-refractivity contribution is 7.29. The van der Waals surface area contributed by atoms with E-state index in [1.165, 1.54) is 220 Å². The number of furan rings is 2. The zero-order valence-corrected chi connectivity index (χ0v) is 82.8. The van der Waals surface area contributed by atoms with Crippen LogP contribution >= 0.6 is 68.0 Å². The van der Waals surface area contributed by atoms with E-state index < -0.39 is 0 Å². The van der Waals surface area contributed by atoms with Gasteiger partial charge >= 0.3 is 0 Å². The molecule has 0 N–H and O–H groups in total. The van der Waals surface area contributed by atoms with E-state index in [0.717, 1.165) is 98.9 Å². The van der Waals surface area contributed by atoms with Crippen molar-refractivity contribution >= 4 is 364 Å². The Labute approximate surface area is 860 Å². The molecule has 0 saturated carbocycles. The van der Waals surface area contributed by atoms with Gasteiger partial charge in [0.2, 0.25) is 0 Å². The van der Waals surface area contributed by atoms with Gasteiger partial charge in [-0.05, 0) is 146 Å². The van der Waals surface area contributed by atoms with E-state index in [1.54, 1.807) is 25.3 Å². The van der Waals surface area contributed by atoms with Crippen molar-refractivity contribution in [3.63, 3.8) is 0 Å². The molecule has 0 bridgehead atoms. The second-order valence-electron chi connectivity index (χ2n) is 38.0. The summed E-state index contributed by atoms with van der Waals surface area (Å²) < 4.78 is 37.8. The van der Waals surface area contributed by atoms with Gasteiger partial charge in [-0.25, -0.2) is 39.9 Å². The molecule has 16 aromatic heterocycles. The minimum Gasteiger partial charge on any atom is -0.456 e. The van der Waals surface area contributed by atoms with E-state index in [9.17, 15) is 0 Å². The normalized spacial score (nSPS) is 12.3. The van der Waals surface area contributed by atoms with Gasteiger partial charge in [0.1, 0.15) is 42.1 Å². The summed E-state index contributed by atoms with van der Waals surface area (Å²) in [6, 6.07) is 132. The molecule has 0 unspecified atom stereocenters. The summed E-state index contributed by atoms with van der Waals surface area (Å²) in [5.74, 6) is 0. The Hall–Kier alpha value is -18.1. The minimum absolute atomic E-state index is 0.908. The first-order valence-corrected chi connectivity index (χ1v) is 53.8. The zero-order valence-electron chi connectivity index (χ0n) is 77.9. The van der Waals surface area contributed by atoms with Crippen LogP contribution in [0.25, 0.3) is 318 Å². The molecule has 16 heterocycles. The number of hydrogen-bond acceptors (Lipinski definition) is 16. The number of nitrogens with zero attached hydrogens (tertiary/aromatic N) is 12. The molecule has 0 atom stereocenters. The molecule has 0 spiro atoms. The van der Waals surface area contributed by atoms with Crippen molar-refractivity contribution in [3.05, 3.63) is 414 Å². The Kier molecular flexibility index (Phi) is 17.6. The average molecular weight is 2000 g/mol. The van der Waals surface area contributed by atoms with Crippen LogP contribution in [0.1, 0.15) is 0 Å². The summed E-state index contributed by atoms with van der Waals surface area (Å²) in [6.45, 7) is 0. The maximum absolute atomic E-state index is 6.50. The molecule has 36 aromatic rings. The number of rotatable bonds is 4. The van der Waals surface area contributed by atoms with Gasteiger partial charge in [0.05, 0.1) is 90.7 Å². The molecule has 0 aliphatic heterocycles. The first-order chi connectivity index (χ1) is 73.3. The molecule has 0 amide bonds. The van der Waals surface area contributed by atoms with Crippen LogP contribution in [0.3, 0.4) is 0 Å². The number of aromatic nitrogens is 12. The maximum atomic E-state index is 6.50. The number of hydrogen-bond donors (Lipinski definition) is 0. The number of para-hydroxylation sites is 7. The van der Waals surface area contributed by atoms with Crippen molar-refractivity contribution in [2.45, 2.75) is 0 Å². The molecule has 0 fully saturated rings. The van der Waals surface area contributed by atoms with Crippen LogP contribution in [0, 0.1) is 0 Å². The quantitative estimate of drug-likeness (QED) is 0.167.